The van der Waals surface area contributed by atoms with Crippen molar-refractivity contribution in [1.82, 2.24) is 0 Å². The Bertz CT molecular complexity index is 595. The predicted octanol–water partition coefficient (Wildman–Crippen LogP) is 2.83. The number of ketones is 1. The summed E-state index contributed by atoms with van der Waals surface area (Å²) in [6.07, 6.45) is 0. The Hall–Kier alpha value is -1.68. The van der Waals surface area contributed by atoms with E-state index in [9.17, 15) is 9.59 Å². The number of carboxylic acid groups (broad SMARTS) is 1. The maximum Gasteiger partial charge on any atom is 0.373 e. The molecule has 1 N–H and O–H groups in total. The van der Waals surface area contributed by atoms with E-state index in [4.69, 9.17) is 5.11 Å². The molecule has 2 rings (SSSR count). The average molecular weight is 248 g/mol. The highest BCUT2D eigenvalue weighted by Gasteiger charge is 2.36. The van der Waals surface area contributed by atoms with Gasteiger partial charge in [-0.2, -0.15) is 0 Å². The number of fused-ring (bicyclic) bond motifs is 1. The lowest BCUT2D eigenvalue weighted by atomic mass is 9.80. The zero-order chi connectivity index (χ0) is 12.6. The molecular weight excluding hydrogens is 236 g/mol. The van der Waals surface area contributed by atoms with E-state index < -0.39 is 17.2 Å². The number of thiophene rings is 1. The lowest BCUT2D eigenvalue weighted by Gasteiger charge is -2.20. The number of carbonyl (C=O) groups is 2. The first-order chi connectivity index (χ1) is 7.94. The monoisotopic (exact) mass is 248 g/mol. The van der Waals surface area contributed by atoms with Crippen LogP contribution in [0, 0.1) is 0 Å². The number of aliphatic carboxylic acids is 1. The first-order valence-corrected chi connectivity index (χ1v) is 6.07. The molecule has 0 aliphatic heterocycles. The van der Waals surface area contributed by atoms with Crippen LogP contribution in [0.1, 0.15) is 19.4 Å². The van der Waals surface area contributed by atoms with Gasteiger partial charge in [-0.3, -0.25) is 4.79 Å². The second-order valence-electron chi connectivity index (χ2n) is 4.40. The molecule has 17 heavy (non-hydrogen) atoms. The molecule has 0 saturated heterocycles. The molecule has 0 aliphatic rings. The van der Waals surface area contributed by atoms with Gasteiger partial charge in [0, 0.05) is 4.70 Å². The maximum atomic E-state index is 11.7. The van der Waals surface area contributed by atoms with Gasteiger partial charge < -0.3 is 5.11 Å². The lowest BCUT2D eigenvalue weighted by Crippen LogP contribution is -2.34. The second kappa shape index (κ2) is 3.96. The van der Waals surface area contributed by atoms with E-state index in [0.717, 1.165) is 15.6 Å². The van der Waals surface area contributed by atoms with Crippen LogP contribution in [0.2, 0.25) is 0 Å². The summed E-state index contributed by atoms with van der Waals surface area (Å²) in [6.45, 7) is 3.30. The Labute approximate surface area is 103 Å². The Balaban J connectivity index is 2.60. The van der Waals surface area contributed by atoms with E-state index in [1.165, 1.54) is 11.3 Å². The third-order valence-corrected chi connectivity index (χ3v) is 3.88. The van der Waals surface area contributed by atoms with Crippen LogP contribution in [0.25, 0.3) is 10.1 Å². The van der Waals surface area contributed by atoms with E-state index in [1.54, 1.807) is 13.8 Å². The molecule has 0 atom stereocenters. The molecule has 1 aromatic heterocycles. The van der Waals surface area contributed by atoms with E-state index in [2.05, 4.69) is 0 Å². The minimum Gasteiger partial charge on any atom is -0.475 e. The van der Waals surface area contributed by atoms with Crippen molar-refractivity contribution in [2.24, 2.45) is 0 Å². The Morgan fingerprint density at radius 3 is 2.53 bits per heavy atom. The SMILES string of the molecule is CC(C)(C(=O)C(=O)O)c1csc2ccccc12. The summed E-state index contributed by atoms with van der Waals surface area (Å²) in [7, 11) is 0. The molecular formula is C13H12O3S. The smallest absolute Gasteiger partial charge is 0.373 e. The number of rotatable bonds is 3. The van der Waals surface area contributed by atoms with Crippen molar-refractivity contribution in [3.63, 3.8) is 0 Å². The number of Topliss-reactive ketones (excluding diaryl/α,β-unsaturated/α-hetero) is 1. The number of benzene rings is 1. The van der Waals surface area contributed by atoms with Gasteiger partial charge in [-0.15, -0.1) is 11.3 Å². The van der Waals surface area contributed by atoms with Crippen LogP contribution < -0.4 is 0 Å². The van der Waals surface area contributed by atoms with Gasteiger partial charge >= 0.3 is 5.97 Å². The maximum absolute atomic E-state index is 11.7. The van der Waals surface area contributed by atoms with Crippen molar-refractivity contribution in [2.45, 2.75) is 19.3 Å². The van der Waals surface area contributed by atoms with E-state index in [1.807, 2.05) is 29.6 Å². The van der Waals surface area contributed by atoms with Crippen molar-refractivity contribution in [1.29, 1.82) is 0 Å². The Morgan fingerprint density at radius 1 is 1.24 bits per heavy atom. The molecule has 1 heterocycles. The van der Waals surface area contributed by atoms with Crippen molar-refractivity contribution >= 4 is 33.2 Å². The summed E-state index contributed by atoms with van der Waals surface area (Å²) < 4.78 is 1.06. The van der Waals surface area contributed by atoms with E-state index in [0.29, 0.717) is 0 Å². The molecule has 0 bridgehead atoms. The second-order valence-corrected chi connectivity index (χ2v) is 5.32. The van der Waals surface area contributed by atoms with E-state index in [-0.39, 0.29) is 0 Å². The third-order valence-electron chi connectivity index (χ3n) is 2.92. The first kappa shape index (κ1) is 11.8. The van der Waals surface area contributed by atoms with Crippen LogP contribution in [0.3, 0.4) is 0 Å². The molecule has 0 amide bonds. The number of hydrogen-bond donors (Lipinski definition) is 1. The zero-order valence-corrected chi connectivity index (χ0v) is 10.4. The molecule has 1 aromatic carbocycles. The molecule has 0 unspecified atom stereocenters. The molecule has 0 radical (unpaired) electrons. The normalized spacial score (nSPS) is 11.6. The fourth-order valence-electron chi connectivity index (χ4n) is 1.85. The first-order valence-electron chi connectivity index (χ1n) is 5.19. The number of carboxylic acids is 1. The molecule has 3 nitrogen and oxygen atoms in total. The fraction of sp³-hybridized carbons (Fsp3) is 0.231. The summed E-state index contributed by atoms with van der Waals surface area (Å²) in [5.41, 5.74) is -0.212. The highest BCUT2D eigenvalue weighted by atomic mass is 32.1. The van der Waals surface area contributed by atoms with Crippen LogP contribution in [-0.2, 0) is 15.0 Å². The fourth-order valence-corrected chi connectivity index (χ4v) is 2.98. The minimum absolute atomic E-state index is 0.777. The molecule has 0 fully saturated rings. The summed E-state index contributed by atoms with van der Waals surface area (Å²) in [4.78, 5) is 22.5. The van der Waals surface area contributed by atoms with Gasteiger partial charge in [-0.25, -0.2) is 4.79 Å². The van der Waals surface area contributed by atoms with Crippen LogP contribution in [0.15, 0.2) is 29.6 Å². The van der Waals surface area contributed by atoms with Gasteiger partial charge in [-0.1, -0.05) is 18.2 Å². The van der Waals surface area contributed by atoms with Crippen LogP contribution in [-0.4, -0.2) is 16.9 Å². The number of carbonyl (C=O) groups excluding carboxylic acids is 1. The average Bonchev–Trinajstić information content (AvgIpc) is 2.72. The molecule has 0 spiro atoms. The predicted molar refractivity (Wildman–Crippen MR) is 67.5 cm³/mol. The van der Waals surface area contributed by atoms with Gasteiger partial charge in [0.05, 0.1) is 5.41 Å². The van der Waals surface area contributed by atoms with Crippen molar-refractivity contribution in [3.8, 4) is 0 Å². The Kier molecular flexibility index (Phi) is 2.75. The van der Waals surface area contributed by atoms with Crippen LogP contribution in [0.4, 0.5) is 0 Å². The lowest BCUT2D eigenvalue weighted by molar-refractivity contribution is -0.151. The molecule has 0 aliphatic carbocycles. The van der Waals surface area contributed by atoms with Gasteiger partial charge in [0.15, 0.2) is 0 Å². The summed E-state index contributed by atoms with van der Waals surface area (Å²) in [5.74, 6) is -2.16. The highest BCUT2D eigenvalue weighted by Crippen LogP contribution is 2.35. The summed E-state index contributed by atoms with van der Waals surface area (Å²) >= 11 is 1.52. The quantitative estimate of drug-likeness (QED) is 0.850. The van der Waals surface area contributed by atoms with E-state index >= 15 is 0 Å². The third kappa shape index (κ3) is 1.85. The largest absolute Gasteiger partial charge is 0.475 e. The van der Waals surface area contributed by atoms with Crippen molar-refractivity contribution < 1.29 is 14.7 Å². The zero-order valence-electron chi connectivity index (χ0n) is 9.56. The van der Waals surface area contributed by atoms with Gasteiger partial charge in [0.25, 0.3) is 0 Å². The topological polar surface area (TPSA) is 54.4 Å². The van der Waals surface area contributed by atoms with Crippen molar-refractivity contribution in [3.05, 3.63) is 35.2 Å². The summed E-state index contributed by atoms with van der Waals surface area (Å²) in [6, 6.07) is 7.69. The molecule has 2 aromatic rings. The molecule has 88 valence electrons. The number of hydrogen-bond acceptors (Lipinski definition) is 3. The Morgan fingerprint density at radius 2 is 1.88 bits per heavy atom. The van der Waals surface area contributed by atoms with Crippen molar-refractivity contribution in [2.75, 3.05) is 0 Å². The standard InChI is InChI=1S/C13H12O3S/c1-13(2,11(14)12(15)16)9-7-17-10-6-4-3-5-8(9)10/h3-7H,1-2H3,(H,15,16). The van der Waals surface area contributed by atoms with Gasteiger partial charge in [0.1, 0.15) is 0 Å². The molecule has 4 heteroatoms. The van der Waals surface area contributed by atoms with Gasteiger partial charge in [-0.05, 0) is 36.2 Å². The summed E-state index contributed by atoms with van der Waals surface area (Å²) in [5, 5.41) is 11.7. The van der Waals surface area contributed by atoms with Crippen LogP contribution >= 0.6 is 11.3 Å². The van der Waals surface area contributed by atoms with Gasteiger partial charge in [0.2, 0.25) is 5.78 Å². The molecule has 0 saturated carbocycles. The van der Waals surface area contributed by atoms with Crippen LogP contribution in [0.5, 0.6) is 0 Å². The minimum atomic E-state index is -1.38. The highest BCUT2D eigenvalue weighted by molar-refractivity contribution is 7.17.